The third-order valence-corrected chi connectivity index (χ3v) is 7.70. The van der Waals surface area contributed by atoms with Crippen LogP contribution in [0.2, 0.25) is 0 Å². The van der Waals surface area contributed by atoms with Crippen molar-refractivity contribution in [3.05, 3.63) is 77.1 Å². The quantitative estimate of drug-likeness (QED) is 0.537. The van der Waals surface area contributed by atoms with Gasteiger partial charge in [0.25, 0.3) is 5.91 Å². The van der Waals surface area contributed by atoms with E-state index in [1.807, 2.05) is 41.1 Å². The summed E-state index contributed by atoms with van der Waals surface area (Å²) >= 11 is 0. The Morgan fingerprint density at radius 1 is 1.00 bits per heavy atom. The molecule has 1 aromatic heterocycles. The fourth-order valence-corrected chi connectivity index (χ4v) is 5.90. The van der Waals surface area contributed by atoms with Crippen molar-refractivity contribution in [1.82, 2.24) is 19.6 Å². The molecule has 3 aromatic rings. The number of carbonyl (C=O) groups excluding carboxylic acids is 1. The van der Waals surface area contributed by atoms with E-state index in [1.54, 1.807) is 7.11 Å². The zero-order valence-corrected chi connectivity index (χ0v) is 20.0. The highest BCUT2D eigenvalue weighted by Gasteiger charge is 2.51. The van der Waals surface area contributed by atoms with Gasteiger partial charge in [-0.05, 0) is 68.4 Å². The standard InChI is InChI=1S/C28H32N4O2/c1-19-25-26(21-11-12-21)31(28(33)27(25)32(29-19)23-8-4-3-5-9-23)22-13-15-30(16-14-22)18-20-7-6-10-24(17-20)34-2/h3-10,17,21-22,26H,11-16,18H2,1-2H3. The molecule has 6 rings (SSSR count). The van der Waals surface area contributed by atoms with Gasteiger partial charge in [0.15, 0.2) is 0 Å². The molecule has 1 atom stereocenters. The smallest absolute Gasteiger partial charge is 0.273 e. The zero-order valence-electron chi connectivity index (χ0n) is 20.0. The summed E-state index contributed by atoms with van der Waals surface area (Å²) in [6.45, 7) is 5.00. The molecule has 3 aliphatic rings. The molecule has 1 saturated heterocycles. The van der Waals surface area contributed by atoms with Crippen LogP contribution in [0.1, 0.15) is 59.0 Å². The first kappa shape index (κ1) is 21.4. The van der Waals surface area contributed by atoms with Gasteiger partial charge in [-0.3, -0.25) is 9.69 Å². The SMILES string of the molecule is COc1cccc(CN2CCC(N3C(=O)c4c(c(C)nn4-c4ccccc4)C3C3CC3)CC2)c1. The molecule has 1 saturated carbocycles. The Labute approximate surface area is 201 Å². The average Bonchev–Trinajstić information content (AvgIpc) is 3.59. The van der Waals surface area contributed by atoms with Gasteiger partial charge in [-0.1, -0.05) is 30.3 Å². The Bertz CT molecular complexity index is 1190. The topological polar surface area (TPSA) is 50.6 Å². The van der Waals surface area contributed by atoms with Crippen LogP contribution in [0.4, 0.5) is 0 Å². The van der Waals surface area contributed by atoms with Crippen LogP contribution < -0.4 is 4.74 Å². The van der Waals surface area contributed by atoms with Gasteiger partial charge in [-0.2, -0.15) is 5.10 Å². The molecule has 2 aliphatic heterocycles. The van der Waals surface area contributed by atoms with Crippen molar-refractivity contribution in [3.63, 3.8) is 0 Å². The first-order valence-electron chi connectivity index (χ1n) is 12.5. The molecular weight excluding hydrogens is 424 g/mol. The van der Waals surface area contributed by atoms with Gasteiger partial charge in [0, 0.05) is 31.2 Å². The van der Waals surface area contributed by atoms with Gasteiger partial charge in [0.2, 0.25) is 0 Å². The summed E-state index contributed by atoms with van der Waals surface area (Å²) in [5.41, 5.74) is 5.21. The zero-order chi connectivity index (χ0) is 23.2. The fourth-order valence-electron chi connectivity index (χ4n) is 5.90. The van der Waals surface area contributed by atoms with E-state index >= 15 is 0 Å². The van der Waals surface area contributed by atoms with E-state index in [4.69, 9.17) is 9.84 Å². The largest absolute Gasteiger partial charge is 0.497 e. The first-order valence-corrected chi connectivity index (χ1v) is 12.5. The molecule has 0 N–H and O–H groups in total. The minimum Gasteiger partial charge on any atom is -0.497 e. The lowest BCUT2D eigenvalue weighted by molar-refractivity contribution is 0.0448. The number of aryl methyl sites for hydroxylation is 1. The van der Waals surface area contributed by atoms with Gasteiger partial charge in [0.1, 0.15) is 11.4 Å². The second kappa shape index (κ2) is 8.58. The van der Waals surface area contributed by atoms with Crippen molar-refractivity contribution < 1.29 is 9.53 Å². The normalized spacial score (nSPS) is 21.2. The van der Waals surface area contributed by atoms with Gasteiger partial charge in [-0.25, -0.2) is 4.68 Å². The van der Waals surface area contributed by atoms with Crippen LogP contribution in [0.15, 0.2) is 54.6 Å². The predicted octanol–water partition coefficient (Wildman–Crippen LogP) is 4.76. The molecule has 1 unspecified atom stereocenters. The maximum atomic E-state index is 13.9. The van der Waals surface area contributed by atoms with E-state index in [0.717, 1.165) is 55.3 Å². The second-order valence-corrected chi connectivity index (χ2v) is 9.95. The molecule has 1 aliphatic carbocycles. The Balaban J connectivity index is 1.22. The summed E-state index contributed by atoms with van der Waals surface area (Å²) in [7, 11) is 1.71. The molecule has 6 nitrogen and oxygen atoms in total. The highest BCUT2D eigenvalue weighted by atomic mass is 16.5. The molecule has 0 radical (unpaired) electrons. The van der Waals surface area contributed by atoms with Crippen LogP contribution >= 0.6 is 0 Å². The predicted molar refractivity (Wildman–Crippen MR) is 131 cm³/mol. The number of nitrogens with zero attached hydrogens (tertiary/aromatic N) is 4. The lowest BCUT2D eigenvalue weighted by Gasteiger charge is -2.40. The van der Waals surface area contributed by atoms with Crippen molar-refractivity contribution in [2.24, 2.45) is 5.92 Å². The van der Waals surface area contributed by atoms with E-state index in [-0.39, 0.29) is 18.0 Å². The molecule has 1 amide bonds. The Kier molecular flexibility index (Phi) is 5.41. The van der Waals surface area contributed by atoms with Crippen molar-refractivity contribution in [1.29, 1.82) is 0 Å². The number of benzene rings is 2. The third-order valence-electron chi connectivity index (χ3n) is 7.70. The maximum absolute atomic E-state index is 13.9. The lowest BCUT2D eigenvalue weighted by Crippen LogP contribution is -2.47. The Morgan fingerprint density at radius 2 is 1.76 bits per heavy atom. The summed E-state index contributed by atoms with van der Waals surface area (Å²) < 4.78 is 7.27. The number of methoxy groups -OCH3 is 1. The Hall–Kier alpha value is -3.12. The molecule has 2 aromatic carbocycles. The van der Waals surface area contributed by atoms with Crippen molar-refractivity contribution in [2.45, 2.75) is 51.2 Å². The van der Waals surface area contributed by atoms with Crippen LogP contribution in [0.5, 0.6) is 5.75 Å². The van der Waals surface area contributed by atoms with Gasteiger partial charge in [0.05, 0.1) is 24.5 Å². The molecule has 34 heavy (non-hydrogen) atoms. The molecule has 6 heteroatoms. The van der Waals surface area contributed by atoms with Crippen LogP contribution in [0.25, 0.3) is 5.69 Å². The molecule has 176 valence electrons. The number of carbonyl (C=O) groups is 1. The molecule has 0 bridgehead atoms. The number of piperidine rings is 1. The number of para-hydroxylation sites is 1. The van der Waals surface area contributed by atoms with Crippen molar-refractivity contribution in [3.8, 4) is 11.4 Å². The summed E-state index contributed by atoms with van der Waals surface area (Å²) in [6, 6.07) is 18.9. The van der Waals surface area contributed by atoms with Gasteiger partial charge >= 0.3 is 0 Å². The maximum Gasteiger partial charge on any atom is 0.273 e. The van der Waals surface area contributed by atoms with Crippen LogP contribution in [-0.4, -0.2) is 51.7 Å². The molecule has 2 fully saturated rings. The summed E-state index contributed by atoms with van der Waals surface area (Å²) in [6.07, 6.45) is 4.44. The second-order valence-electron chi connectivity index (χ2n) is 9.95. The first-order chi connectivity index (χ1) is 16.6. The number of ether oxygens (including phenoxy) is 1. The van der Waals surface area contributed by atoms with E-state index < -0.39 is 0 Å². The van der Waals surface area contributed by atoms with E-state index in [2.05, 4.69) is 34.9 Å². The number of hydrogen-bond acceptors (Lipinski definition) is 4. The monoisotopic (exact) mass is 456 g/mol. The van der Waals surface area contributed by atoms with Gasteiger partial charge in [-0.15, -0.1) is 0 Å². The molecule has 3 heterocycles. The lowest BCUT2D eigenvalue weighted by atomic mass is 9.98. The van der Waals surface area contributed by atoms with Crippen LogP contribution in [0, 0.1) is 12.8 Å². The number of aromatic nitrogens is 2. The van der Waals surface area contributed by atoms with Crippen molar-refractivity contribution in [2.75, 3.05) is 20.2 Å². The fraction of sp³-hybridized carbons (Fsp3) is 0.429. The van der Waals surface area contributed by atoms with E-state index in [9.17, 15) is 4.79 Å². The molecular formula is C28H32N4O2. The highest BCUT2D eigenvalue weighted by molar-refractivity contribution is 5.99. The molecule has 0 spiro atoms. The number of amides is 1. The minimum atomic E-state index is 0.169. The minimum absolute atomic E-state index is 0.169. The van der Waals surface area contributed by atoms with Crippen LogP contribution in [-0.2, 0) is 6.54 Å². The van der Waals surface area contributed by atoms with E-state index in [0.29, 0.717) is 5.92 Å². The number of fused-ring (bicyclic) bond motifs is 1. The highest BCUT2D eigenvalue weighted by Crippen LogP contribution is 2.52. The summed E-state index contributed by atoms with van der Waals surface area (Å²) in [5, 5.41) is 4.82. The van der Waals surface area contributed by atoms with E-state index in [1.165, 1.54) is 24.0 Å². The summed E-state index contributed by atoms with van der Waals surface area (Å²) in [4.78, 5) is 18.7. The number of rotatable bonds is 6. The number of hydrogen-bond donors (Lipinski definition) is 0. The van der Waals surface area contributed by atoms with Crippen molar-refractivity contribution >= 4 is 5.91 Å². The third kappa shape index (κ3) is 3.70. The van der Waals surface area contributed by atoms with Gasteiger partial charge < -0.3 is 9.64 Å². The number of likely N-dealkylation sites (tertiary alicyclic amines) is 1. The summed E-state index contributed by atoms with van der Waals surface area (Å²) in [5.74, 6) is 1.65. The average molecular weight is 457 g/mol. The van der Waals surface area contributed by atoms with Crippen LogP contribution in [0.3, 0.4) is 0 Å². The Morgan fingerprint density at radius 3 is 2.47 bits per heavy atom.